The molecule has 4 heteroatoms. The van der Waals surface area contributed by atoms with Gasteiger partial charge in [-0.1, -0.05) is 107 Å². The molecule has 7 aromatic carbocycles. The molecule has 2 N–H and O–H groups in total. The Hall–Kier alpha value is -5.50. The van der Waals surface area contributed by atoms with Crippen LogP contribution in [0, 0.1) is 83.1 Å². The minimum Gasteiger partial charge on any atom is -0.507 e. The Morgan fingerprint density at radius 1 is 0.387 bits per heavy atom. The Morgan fingerprint density at radius 3 is 0.855 bits per heavy atom. The van der Waals surface area contributed by atoms with Crippen molar-refractivity contribution in [3.63, 3.8) is 0 Å². The summed E-state index contributed by atoms with van der Waals surface area (Å²) in [5, 5.41) is 22.3. The Kier molecular flexibility index (Phi) is 15.4. The van der Waals surface area contributed by atoms with Crippen LogP contribution in [-0.2, 0) is 26.9 Å². The van der Waals surface area contributed by atoms with Gasteiger partial charge >= 0.3 is 81.0 Å². The van der Waals surface area contributed by atoms with Crippen LogP contribution >= 0.6 is 0 Å². The minimum atomic E-state index is -1.43. The van der Waals surface area contributed by atoms with Gasteiger partial charge in [-0.15, -0.1) is 0 Å². The quantitative estimate of drug-likeness (QED) is 0.175. The third-order valence-electron chi connectivity index (χ3n) is 11.7. The van der Waals surface area contributed by atoms with Crippen molar-refractivity contribution in [1.29, 1.82) is 0 Å². The van der Waals surface area contributed by atoms with Crippen LogP contribution in [0.25, 0.3) is 44.5 Å². The van der Waals surface area contributed by atoms with Crippen molar-refractivity contribution in [1.82, 2.24) is 0 Å². The largest absolute Gasteiger partial charge is 0.507 e. The molecule has 0 bridgehead atoms. The molecule has 62 heavy (non-hydrogen) atoms. The molecule has 320 valence electrons. The third-order valence-corrected chi connectivity index (χ3v) is 14.2. The number of phenols is 2. The number of hydrogen-bond donors (Lipinski definition) is 2. The van der Waals surface area contributed by atoms with Crippen molar-refractivity contribution in [2.45, 2.75) is 102 Å². The number of rotatable bonds is 6. The molecule has 0 fully saturated rings. The van der Waals surface area contributed by atoms with Crippen LogP contribution in [0.1, 0.15) is 86.2 Å². The predicted octanol–water partition coefficient (Wildman–Crippen LogP) is 15.3. The molecule has 0 aliphatic heterocycles. The standard InChI is InChI=1S/2C24H26O.C10H12.O.W/c2*1-14-10-16(3)22(17(4)11-14)20-8-7-9-21(24(20)25)23-18(5)12-15(2)13-19(23)6;1-10(2,3)9-7-5-4-6-8-9;;/h2*7-13,25H,1-6H3;1,4-8H,2-3H3;;. The zero-order valence-corrected chi connectivity index (χ0v) is 42.2. The monoisotopic (exact) mass is 992 g/mol. The van der Waals surface area contributed by atoms with Gasteiger partial charge < -0.3 is 10.2 Å². The van der Waals surface area contributed by atoms with Crippen LogP contribution in [0.5, 0.6) is 11.5 Å². The Bertz CT molecular complexity index is 2400. The van der Waals surface area contributed by atoms with Crippen LogP contribution in [0.15, 0.2) is 115 Å². The SMILES string of the molecule is CC(C)([CH]=[W]=[O])c1ccccc1.Cc1cc(C)c(-c2cccc(-c3c(C)cc(C)cc3C)c2O)c(C)c1.Cc1cc(C)c(-c2cccc(-c3c(C)cc(C)cc3C)c2O)c(C)c1. The van der Waals surface area contributed by atoms with E-state index in [1.807, 2.05) is 59.0 Å². The molecule has 0 heterocycles. The van der Waals surface area contributed by atoms with Gasteiger partial charge in [0.25, 0.3) is 0 Å². The molecule has 0 unspecified atom stereocenters. The molecule has 0 saturated carbocycles. The van der Waals surface area contributed by atoms with Gasteiger partial charge in [0.2, 0.25) is 0 Å². The number of phenolic OH excluding ortho intramolecular Hbond substituents is 2. The first-order chi connectivity index (χ1) is 29.2. The van der Waals surface area contributed by atoms with Crippen molar-refractivity contribution in [3.05, 3.63) is 188 Å². The molecule has 0 atom stereocenters. The van der Waals surface area contributed by atoms with Gasteiger partial charge in [0.05, 0.1) is 0 Å². The first kappa shape index (κ1) is 47.5. The normalized spacial score (nSPS) is 10.9. The number of aromatic hydroxyl groups is 2. The van der Waals surface area contributed by atoms with Crippen LogP contribution < -0.4 is 0 Å². The van der Waals surface area contributed by atoms with E-state index in [-0.39, 0.29) is 5.41 Å². The maximum atomic E-state index is 11.1. The summed E-state index contributed by atoms with van der Waals surface area (Å²) in [7, 11) is 0. The van der Waals surface area contributed by atoms with E-state index in [4.69, 9.17) is 0 Å². The number of para-hydroxylation sites is 2. The summed E-state index contributed by atoms with van der Waals surface area (Å²) in [4.78, 5) is 0. The second-order valence-electron chi connectivity index (χ2n) is 17.8. The van der Waals surface area contributed by atoms with Gasteiger partial charge in [-0.3, -0.25) is 0 Å². The van der Waals surface area contributed by atoms with E-state index in [1.165, 1.54) is 72.3 Å². The van der Waals surface area contributed by atoms with Crippen molar-refractivity contribution in [2.75, 3.05) is 0 Å². The van der Waals surface area contributed by atoms with E-state index in [0.29, 0.717) is 11.5 Å². The molecule has 0 spiro atoms. The molecule has 0 saturated heterocycles. The van der Waals surface area contributed by atoms with Crippen LogP contribution in [-0.4, -0.2) is 14.6 Å². The molecule has 7 rings (SSSR count). The Labute approximate surface area is 379 Å². The Balaban J connectivity index is 0.000000187. The van der Waals surface area contributed by atoms with Crippen LogP contribution in [0.4, 0.5) is 0 Å². The smallest absolute Gasteiger partial charge is 0.131 e. The molecule has 0 aromatic heterocycles. The van der Waals surface area contributed by atoms with Gasteiger partial charge in [-0.05, 0) is 150 Å². The molecule has 3 nitrogen and oxygen atoms in total. The first-order valence-electron chi connectivity index (χ1n) is 21.4. The van der Waals surface area contributed by atoms with Crippen molar-refractivity contribution in [3.8, 4) is 56.0 Å². The summed E-state index contributed by atoms with van der Waals surface area (Å²) in [5.74, 6) is 0.736. The van der Waals surface area contributed by atoms with Crippen LogP contribution in [0.3, 0.4) is 0 Å². The van der Waals surface area contributed by atoms with Crippen molar-refractivity contribution in [2.24, 2.45) is 0 Å². The summed E-state index contributed by atoms with van der Waals surface area (Å²) in [5.41, 5.74) is 24.0. The topological polar surface area (TPSA) is 57.5 Å². The maximum Gasteiger partial charge on any atom is 0.131 e. The van der Waals surface area contributed by atoms with Crippen molar-refractivity contribution >= 4 is 4.40 Å². The number of aryl methyl sites for hydroxylation is 12. The maximum absolute atomic E-state index is 11.1. The van der Waals surface area contributed by atoms with E-state index in [2.05, 4.69) is 158 Å². The van der Waals surface area contributed by atoms with E-state index < -0.39 is 18.1 Å². The fourth-order valence-electron chi connectivity index (χ4n) is 9.37. The fraction of sp³-hybridized carbons (Fsp3) is 0.259. The summed E-state index contributed by atoms with van der Waals surface area (Å²) >= 11 is -1.43. The second kappa shape index (κ2) is 20.1. The van der Waals surface area contributed by atoms with Gasteiger partial charge in [0.15, 0.2) is 0 Å². The number of benzene rings is 7. The summed E-state index contributed by atoms with van der Waals surface area (Å²) in [6, 6.07) is 39.7. The summed E-state index contributed by atoms with van der Waals surface area (Å²) < 4.78 is 12.6. The molecule has 0 aliphatic carbocycles. The average molecular weight is 993 g/mol. The van der Waals surface area contributed by atoms with Gasteiger partial charge in [0.1, 0.15) is 11.5 Å². The van der Waals surface area contributed by atoms with E-state index >= 15 is 0 Å². The van der Waals surface area contributed by atoms with E-state index in [0.717, 1.165) is 44.5 Å². The predicted molar refractivity (Wildman–Crippen MR) is 261 cm³/mol. The van der Waals surface area contributed by atoms with E-state index in [1.54, 1.807) is 0 Å². The van der Waals surface area contributed by atoms with E-state index in [9.17, 15) is 13.6 Å². The third kappa shape index (κ3) is 10.7. The average Bonchev–Trinajstić information content (AvgIpc) is 3.17. The van der Waals surface area contributed by atoms with Crippen molar-refractivity contribution < 1.29 is 31.7 Å². The molecule has 0 aliphatic rings. The first-order valence-corrected chi connectivity index (χ1v) is 24.3. The zero-order valence-electron chi connectivity index (χ0n) is 39.3. The molecule has 7 aromatic rings. The molecular formula is C58H64O3W. The fourth-order valence-corrected chi connectivity index (χ4v) is 10.7. The molecule has 0 radical (unpaired) electrons. The Morgan fingerprint density at radius 2 is 0.629 bits per heavy atom. The van der Waals surface area contributed by atoms with Gasteiger partial charge in [0, 0.05) is 22.3 Å². The summed E-state index contributed by atoms with van der Waals surface area (Å²) in [6.45, 7) is 29.6. The van der Waals surface area contributed by atoms with Crippen LogP contribution in [0.2, 0.25) is 0 Å². The summed E-state index contributed by atoms with van der Waals surface area (Å²) in [6.07, 6.45) is 0. The van der Waals surface area contributed by atoms with Gasteiger partial charge in [-0.2, -0.15) is 0 Å². The minimum absolute atomic E-state index is 0.0202. The molecular weight excluding hydrogens is 928 g/mol. The van der Waals surface area contributed by atoms with Gasteiger partial charge in [-0.25, -0.2) is 0 Å². The zero-order chi connectivity index (χ0) is 45.6. The second-order valence-corrected chi connectivity index (χ2v) is 19.3. The molecule has 0 amide bonds. The number of hydrogen-bond acceptors (Lipinski definition) is 3.